The van der Waals surface area contributed by atoms with E-state index in [1.54, 1.807) is 17.7 Å². The highest BCUT2D eigenvalue weighted by molar-refractivity contribution is 7.18. The fourth-order valence-electron chi connectivity index (χ4n) is 2.88. The lowest BCUT2D eigenvalue weighted by Gasteiger charge is -2.32. The number of hydrogen-bond donors (Lipinski definition) is 1. The van der Waals surface area contributed by atoms with Gasteiger partial charge in [-0.2, -0.15) is 0 Å². The summed E-state index contributed by atoms with van der Waals surface area (Å²) >= 11 is 1.74. The second kappa shape index (κ2) is 6.06. The van der Waals surface area contributed by atoms with E-state index in [0.717, 1.165) is 11.3 Å². The highest BCUT2D eigenvalue weighted by Gasteiger charge is 2.19. The molecular formula is C15H22N4S. The van der Waals surface area contributed by atoms with Gasteiger partial charge in [0.1, 0.15) is 12.1 Å². The Morgan fingerprint density at radius 3 is 2.90 bits per heavy atom. The minimum atomic E-state index is 0.545. The zero-order chi connectivity index (χ0) is 13.9. The molecule has 2 aromatic heterocycles. The van der Waals surface area contributed by atoms with Crippen molar-refractivity contribution in [2.24, 2.45) is 0 Å². The van der Waals surface area contributed by atoms with Gasteiger partial charge in [0, 0.05) is 19.1 Å². The molecule has 0 aliphatic carbocycles. The standard InChI is InChI=1S/C15H22N4S/c1-3-6-19-7-4-12(5-8-19)18-15-14-13(16-10-17-15)11(2)9-20-14/h9-10,12H,3-8H2,1-2H3,(H,16,17,18). The van der Waals surface area contributed by atoms with Gasteiger partial charge in [0.2, 0.25) is 0 Å². The van der Waals surface area contributed by atoms with Crippen LogP contribution in [0.4, 0.5) is 5.82 Å². The van der Waals surface area contributed by atoms with Gasteiger partial charge in [-0.15, -0.1) is 11.3 Å². The predicted octanol–water partition coefficient (Wildman–Crippen LogP) is 3.29. The van der Waals surface area contributed by atoms with Crippen molar-refractivity contribution in [3.63, 3.8) is 0 Å². The van der Waals surface area contributed by atoms with Gasteiger partial charge in [0.25, 0.3) is 0 Å². The number of anilines is 1. The van der Waals surface area contributed by atoms with Crippen LogP contribution in [-0.4, -0.2) is 40.5 Å². The number of aromatic nitrogens is 2. The van der Waals surface area contributed by atoms with Crippen molar-refractivity contribution in [3.05, 3.63) is 17.3 Å². The van der Waals surface area contributed by atoms with E-state index in [1.165, 1.54) is 49.2 Å². The van der Waals surface area contributed by atoms with Crippen LogP contribution in [0.1, 0.15) is 31.7 Å². The maximum absolute atomic E-state index is 4.44. The van der Waals surface area contributed by atoms with Crippen LogP contribution >= 0.6 is 11.3 Å². The fourth-order valence-corrected chi connectivity index (χ4v) is 3.84. The summed E-state index contributed by atoms with van der Waals surface area (Å²) in [5.74, 6) is 1.02. The van der Waals surface area contributed by atoms with Crippen molar-refractivity contribution in [1.29, 1.82) is 0 Å². The van der Waals surface area contributed by atoms with Gasteiger partial charge in [-0.25, -0.2) is 9.97 Å². The van der Waals surface area contributed by atoms with Crippen molar-refractivity contribution in [1.82, 2.24) is 14.9 Å². The molecule has 3 rings (SSSR count). The smallest absolute Gasteiger partial charge is 0.147 e. The van der Waals surface area contributed by atoms with Gasteiger partial charge in [-0.3, -0.25) is 0 Å². The molecule has 0 atom stereocenters. The third-order valence-electron chi connectivity index (χ3n) is 4.00. The van der Waals surface area contributed by atoms with Crippen molar-refractivity contribution >= 4 is 27.4 Å². The van der Waals surface area contributed by atoms with Crippen LogP contribution in [0.2, 0.25) is 0 Å². The first-order chi connectivity index (χ1) is 9.78. The summed E-state index contributed by atoms with van der Waals surface area (Å²) in [4.78, 5) is 11.4. The van der Waals surface area contributed by atoms with Crippen molar-refractivity contribution in [2.45, 2.75) is 39.2 Å². The summed E-state index contributed by atoms with van der Waals surface area (Å²) in [6, 6.07) is 0.545. The molecule has 1 N–H and O–H groups in total. The number of piperidine rings is 1. The average Bonchev–Trinajstić information content (AvgIpc) is 2.84. The van der Waals surface area contributed by atoms with E-state index < -0.39 is 0 Å². The van der Waals surface area contributed by atoms with Crippen LogP contribution in [0.3, 0.4) is 0 Å². The van der Waals surface area contributed by atoms with Crippen LogP contribution in [0.15, 0.2) is 11.7 Å². The summed E-state index contributed by atoms with van der Waals surface area (Å²) in [6.45, 7) is 7.99. The van der Waals surface area contributed by atoms with Crippen molar-refractivity contribution < 1.29 is 0 Å². The Bertz CT molecular complexity index is 572. The molecule has 1 aliphatic rings. The highest BCUT2D eigenvalue weighted by Crippen LogP contribution is 2.29. The van der Waals surface area contributed by atoms with E-state index in [2.05, 4.69) is 39.4 Å². The lowest BCUT2D eigenvalue weighted by atomic mass is 10.0. The van der Waals surface area contributed by atoms with Crippen LogP contribution in [0, 0.1) is 6.92 Å². The highest BCUT2D eigenvalue weighted by atomic mass is 32.1. The molecule has 0 aromatic carbocycles. The Morgan fingerprint density at radius 2 is 2.15 bits per heavy atom. The average molecular weight is 290 g/mol. The number of fused-ring (bicyclic) bond motifs is 1. The largest absolute Gasteiger partial charge is 0.366 e. The molecule has 2 aromatic rings. The zero-order valence-corrected chi connectivity index (χ0v) is 13.0. The third-order valence-corrected chi connectivity index (χ3v) is 5.09. The third kappa shape index (κ3) is 2.79. The maximum Gasteiger partial charge on any atom is 0.147 e. The summed E-state index contributed by atoms with van der Waals surface area (Å²) < 4.78 is 1.20. The van der Waals surface area contributed by atoms with Gasteiger partial charge in [-0.05, 0) is 43.7 Å². The Morgan fingerprint density at radius 1 is 1.35 bits per heavy atom. The SMILES string of the molecule is CCCN1CCC(Nc2ncnc3c(C)csc23)CC1. The number of thiophene rings is 1. The number of rotatable bonds is 4. The van der Waals surface area contributed by atoms with Gasteiger partial charge in [0.05, 0.1) is 10.2 Å². The quantitative estimate of drug-likeness (QED) is 0.938. The van der Waals surface area contributed by atoms with Gasteiger partial charge >= 0.3 is 0 Å². The fraction of sp³-hybridized carbons (Fsp3) is 0.600. The summed E-state index contributed by atoms with van der Waals surface area (Å²) in [6.07, 6.45) is 5.33. The second-order valence-electron chi connectivity index (χ2n) is 5.58. The van der Waals surface area contributed by atoms with Crippen LogP contribution in [0.5, 0.6) is 0 Å². The van der Waals surface area contributed by atoms with E-state index >= 15 is 0 Å². The van der Waals surface area contributed by atoms with E-state index in [-0.39, 0.29) is 0 Å². The molecule has 3 heterocycles. The molecule has 108 valence electrons. The van der Waals surface area contributed by atoms with Gasteiger partial charge in [0.15, 0.2) is 0 Å². The van der Waals surface area contributed by atoms with Crippen LogP contribution < -0.4 is 5.32 Å². The van der Waals surface area contributed by atoms with Crippen LogP contribution in [0.25, 0.3) is 10.2 Å². The first-order valence-corrected chi connectivity index (χ1v) is 8.33. The maximum atomic E-state index is 4.44. The molecule has 0 amide bonds. The lowest BCUT2D eigenvalue weighted by Crippen LogP contribution is -2.39. The zero-order valence-electron chi connectivity index (χ0n) is 12.2. The minimum Gasteiger partial charge on any atom is -0.366 e. The molecular weight excluding hydrogens is 268 g/mol. The number of aryl methyl sites for hydroxylation is 1. The van der Waals surface area contributed by atoms with Crippen molar-refractivity contribution in [2.75, 3.05) is 25.0 Å². The Hall–Kier alpha value is -1.20. The van der Waals surface area contributed by atoms with Crippen molar-refractivity contribution in [3.8, 4) is 0 Å². The molecule has 1 saturated heterocycles. The Balaban J connectivity index is 1.68. The number of nitrogens with zero attached hydrogens (tertiary/aromatic N) is 3. The van der Waals surface area contributed by atoms with Gasteiger partial charge < -0.3 is 10.2 Å². The molecule has 20 heavy (non-hydrogen) atoms. The first kappa shape index (κ1) is 13.8. The minimum absolute atomic E-state index is 0.545. The van der Waals surface area contributed by atoms with Gasteiger partial charge in [-0.1, -0.05) is 6.92 Å². The normalized spacial score (nSPS) is 17.7. The summed E-state index contributed by atoms with van der Waals surface area (Å²) in [5, 5.41) is 5.79. The number of likely N-dealkylation sites (tertiary alicyclic amines) is 1. The van der Waals surface area contributed by atoms with E-state index in [1.807, 2.05) is 0 Å². The molecule has 0 saturated carbocycles. The first-order valence-electron chi connectivity index (χ1n) is 7.45. The predicted molar refractivity (Wildman–Crippen MR) is 85.5 cm³/mol. The van der Waals surface area contributed by atoms with E-state index in [4.69, 9.17) is 0 Å². The molecule has 0 bridgehead atoms. The summed E-state index contributed by atoms with van der Waals surface area (Å²) in [7, 11) is 0. The number of nitrogens with one attached hydrogen (secondary N) is 1. The molecule has 0 spiro atoms. The molecule has 0 unspecified atom stereocenters. The molecule has 0 radical (unpaired) electrons. The molecule has 5 heteroatoms. The van der Waals surface area contributed by atoms with E-state index in [9.17, 15) is 0 Å². The Kier molecular flexibility index (Phi) is 4.17. The monoisotopic (exact) mass is 290 g/mol. The molecule has 4 nitrogen and oxygen atoms in total. The Labute approximate surface area is 124 Å². The second-order valence-corrected chi connectivity index (χ2v) is 6.46. The molecule has 1 fully saturated rings. The molecule has 1 aliphatic heterocycles. The topological polar surface area (TPSA) is 41.0 Å². The van der Waals surface area contributed by atoms with Crippen LogP contribution in [-0.2, 0) is 0 Å². The van der Waals surface area contributed by atoms with E-state index in [0.29, 0.717) is 6.04 Å². The number of hydrogen-bond acceptors (Lipinski definition) is 5. The lowest BCUT2D eigenvalue weighted by molar-refractivity contribution is 0.219. The summed E-state index contributed by atoms with van der Waals surface area (Å²) in [5.41, 5.74) is 2.34.